The Morgan fingerprint density at radius 1 is 0.467 bits per heavy atom. The van der Waals surface area contributed by atoms with Gasteiger partial charge in [-0.1, -0.05) is 72.1 Å². The molecule has 2 heterocycles. The van der Waals surface area contributed by atoms with Gasteiger partial charge in [0.05, 0.1) is 41.2 Å². The third-order valence-electron chi connectivity index (χ3n) is 5.16. The van der Waals surface area contributed by atoms with E-state index in [9.17, 15) is 8.42 Å². The molecule has 0 saturated heterocycles. The van der Waals surface area contributed by atoms with Gasteiger partial charge in [0, 0.05) is 30.7 Å². The van der Waals surface area contributed by atoms with Crippen molar-refractivity contribution in [2.75, 3.05) is 0 Å². The topological polar surface area (TPSA) is 34.1 Å². The standard InChI is InChI=1S/C24H14O2S4/c25-29-21-13-3-1-9-17(21)27-19-11-5-7-15(23(19)29)16-8-6-12-20-24(16)30(26)22-14-4-2-10-18(22)28-20/h1-14H. The second kappa shape index (κ2) is 7.24. The summed E-state index contributed by atoms with van der Waals surface area (Å²) in [6, 6.07) is 27.8. The van der Waals surface area contributed by atoms with E-state index in [0.717, 1.165) is 50.3 Å². The van der Waals surface area contributed by atoms with Crippen LogP contribution in [0.1, 0.15) is 0 Å². The average Bonchev–Trinajstić information content (AvgIpc) is 2.78. The second-order valence-electron chi connectivity index (χ2n) is 6.90. The van der Waals surface area contributed by atoms with Crippen molar-refractivity contribution in [3.05, 3.63) is 84.9 Å². The van der Waals surface area contributed by atoms with Crippen LogP contribution in [-0.4, -0.2) is 8.42 Å². The molecule has 6 heteroatoms. The van der Waals surface area contributed by atoms with Crippen molar-refractivity contribution in [2.45, 2.75) is 39.2 Å². The fraction of sp³-hybridized carbons (Fsp3) is 0. The summed E-state index contributed by atoms with van der Waals surface area (Å²) in [6.45, 7) is 0. The maximum absolute atomic E-state index is 13.6. The van der Waals surface area contributed by atoms with Crippen molar-refractivity contribution in [3.8, 4) is 11.1 Å². The first kappa shape index (κ1) is 18.6. The summed E-state index contributed by atoms with van der Waals surface area (Å²) in [5.41, 5.74) is 1.80. The number of hydrogen-bond acceptors (Lipinski definition) is 4. The Labute approximate surface area is 188 Å². The first-order valence-electron chi connectivity index (χ1n) is 9.36. The average molecular weight is 463 g/mol. The van der Waals surface area contributed by atoms with Crippen LogP contribution in [0.2, 0.25) is 0 Å². The van der Waals surface area contributed by atoms with E-state index in [1.54, 1.807) is 23.5 Å². The molecule has 30 heavy (non-hydrogen) atoms. The Morgan fingerprint density at radius 3 is 1.33 bits per heavy atom. The molecule has 2 atom stereocenters. The van der Waals surface area contributed by atoms with Crippen LogP contribution in [0.4, 0.5) is 0 Å². The first-order chi connectivity index (χ1) is 14.7. The molecule has 146 valence electrons. The van der Waals surface area contributed by atoms with Crippen LogP contribution in [0.15, 0.2) is 124 Å². The van der Waals surface area contributed by atoms with Crippen LogP contribution < -0.4 is 0 Å². The van der Waals surface area contributed by atoms with Crippen LogP contribution >= 0.6 is 23.5 Å². The molecule has 0 spiro atoms. The van der Waals surface area contributed by atoms with Gasteiger partial charge in [0.25, 0.3) is 0 Å². The molecule has 0 saturated carbocycles. The van der Waals surface area contributed by atoms with Gasteiger partial charge in [-0.3, -0.25) is 0 Å². The van der Waals surface area contributed by atoms with Gasteiger partial charge in [-0.15, -0.1) is 0 Å². The van der Waals surface area contributed by atoms with E-state index in [4.69, 9.17) is 0 Å². The normalized spacial score (nSPS) is 18.7. The van der Waals surface area contributed by atoms with E-state index in [1.807, 2.05) is 84.9 Å². The lowest BCUT2D eigenvalue weighted by molar-refractivity contribution is 0.677. The summed E-state index contributed by atoms with van der Waals surface area (Å²) in [4.78, 5) is 7.37. The molecule has 4 aromatic rings. The van der Waals surface area contributed by atoms with Gasteiger partial charge < -0.3 is 0 Å². The lowest BCUT2D eigenvalue weighted by Gasteiger charge is -2.24. The molecule has 0 amide bonds. The highest BCUT2D eigenvalue weighted by atomic mass is 32.2. The molecule has 0 aliphatic carbocycles. The van der Waals surface area contributed by atoms with E-state index < -0.39 is 21.6 Å². The molecule has 0 radical (unpaired) electrons. The van der Waals surface area contributed by atoms with Gasteiger partial charge >= 0.3 is 0 Å². The maximum atomic E-state index is 13.6. The van der Waals surface area contributed by atoms with E-state index in [-0.39, 0.29) is 0 Å². The van der Waals surface area contributed by atoms with Crippen molar-refractivity contribution in [1.29, 1.82) is 0 Å². The van der Waals surface area contributed by atoms with Crippen LogP contribution in [0.3, 0.4) is 0 Å². The van der Waals surface area contributed by atoms with E-state index >= 15 is 0 Å². The molecule has 2 nitrogen and oxygen atoms in total. The molecule has 2 aliphatic rings. The fourth-order valence-corrected chi connectivity index (χ4v) is 9.64. The van der Waals surface area contributed by atoms with E-state index in [2.05, 4.69) is 0 Å². The maximum Gasteiger partial charge on any atom is 0.0879 e. The van der Waals surface area contributed by atoms with Crippen LogP contribution in [-0.2, 0) is 21.6 Å². The van der Waals surface area contributed by atoms with Gasteiger partial charge in [-0.05, 0) is 36.4 Å². The fourth-order valence-electron chi connectivity index (χ4n) is 3.83. The molecular weight excluding hydrogens is 449 g/mol. The third kappa shape index (κ3) is 2.78. The summed E-state index contributed by atoms with van der Waals surface area (Å²) in [5, 5.41) is 0. The van der Waals surface area contributed by atoms with Crippen molar-refractivity contribution in [2.24, 2.45) is 0 Å². The highest BCUT2D eigenvalue weighted by Gasteiger charge is 2.30. The second-order valence-corrected chi connectivity index (χ2v) is 11.8. The van der Waals surface area contributed by atoms with Crippen LogP contribution in [0.25, 0.3) is 11.1 Å². The molecule has 0 aromatic heterocycles. The third-order valence-corrected chi connectivity index (χ3v) is 11.1. The van der Waals surface area contributed by atoms with Gasteiger partial charge in [0.2, 0.25) is 0 Å². The zero-order valence-electron chi connectivity index (χ0n) is 15.5. The Kier molecular flexibility index (Phi) is 4.49. The first-order valence-corrected chi connectivity index (χ1v) is 13.3. The quantitative estimate of drug-likeness (QED) is 0.275. The van der Waals surface area contributed by atoms with Crippen molar-refractivity contribution in [3.63, 3.8) is 0 Å². The smallest absolute Gasteiger partial charge is 0.0879 e. The lowest BCUT2D eigenvalue weighted by Crippen LogP contribution is -2.08. The number of benzene rings is 4. The van der Waals surface area contributed by atoms with E-state index in [0.29, 0.717) is 0 Å². The minimum Gasteiger partial charge on any atom is -0.249 e. The molecule has 0 bridgehead atoms. The predicted octanol–water partition coefficient (Wildman–Crippen LogP) is 6.62. The Bertz CT molecular complexity index is 1290. The molecular formula is C24H14O2S4. The minimum absolute atomic E-state index is 0.815. The summed E-state index contributed by atoms with van der Waals surface area (Å²) >= 11 is 3.30. The van der Waals surface area contributed by atoms with Crippen molar-refractivity contribution >= 4 is 45.1 Å². The SMILES string of the molecule is O=S1c2ccccc2Sc2cccc(-c3cccc4c3S(=O)c3ccccc3S4)c21. The lowest BCUT2D eigenvalue weighted by atomic mass is 10.1. The summed E-state index contributed by atoms with van der Waals surface area (Å²) in [5.74, 6) is 0. The largest absolute Gasteiger partial charge is 0.249 e. The Morgan fingerprint density at radius 2 is 0.867 bits per heavy atom. The molecule has 4 aromatic carbocycles. The van der Waals surface area contributed by atoms with Gasteiger partial charge in [0.1, 0.15) is 0 Å². The highest BCUT2D eigenvalue weighted by molar-refractivity contribution is 8.01. The van der Waals surface area contributed by atoms with Gasteiger partial charge in [0.15, 0.2) is 0 Å². The highest BCUT2D eigenvalue weighted by Crippen LogP contribution is 2.50. The van der Waals surface area contributed by atoms with E-state index in [1.165, 1.54) is 0 Å². The van der Waals surface area contributed by atoms with Gasteiger partial charge in [-0.2, -0.15) is 0 Å². The van der Waals surface area contributed by atoms with Gasteiger partial charge in [-0.25, -0.2) is 8.42 Å². The number of rotatable bonds is 1. The number of fused-ring (bicyclic) bond motifs is 4. The Hall–Kier alpha value is -2.12. The van der Waals surface area contributed by atoms with Crippen LogP contribution in [0.5, 0.6) is 0 Å². The number of hydrogen-bond donors (Lipinski definition) is 0. The molecule has 0 fully saturated rings. The predicted molar refractivity (Wildman–Crippen MR) is 122 cm³/mol. The molecule has 2 unspecified atom stereocenters. The zero-order chi connectivity index (χ0) is 20.2. The molecule has 6 rings (SSSR count). The van der Waals surface area contributed by atoms with Crippen molar-refractivity contribution in [1.82, 2.24) is 0 Å². The minimum atomic E-state index is -1.29. The monoisotopic (exact) mass is 462 g/mol. The molecule has 0 N–H and O–H groups in total. The Balaban J connectivity index is 1.58. The summed E-state index contributed by atoms with van der Waals surface area (Å²) < 4.78 is 27.1. The molecule has 2 aliphatic heterocycles. The van der Waals surface area contributed by atoms with Crippen LogP contribution in [0, 0.1) is 0 Å². The zero-order valence-corrected chi connectivity index (χ0v) is 18.8. The van der Waals surface area contributed by atoms with Crippen molar-refractivity contribution < 1.29 is 8.42 Å². The summed E-state index contributed by atoms with van der Waals surface area (Å²) in [7, 11) is -2.57. The summed E-state index contributed by atoms with van der Waals surface area (Å²) in [6.07, 6.45) is 0.